The van der Waals surface area contributed by atoms with Gasteiger partial charge in [0, 0.05) is 7.05 Å². The predicted octanol–water partition coefficient (Wildman–Crippen LogP) is 0.807. The molecule has 0 fully saturated rings. The van der Waals surface area contributed by atoms with E-state index < -0.39 is 0 Å². The molecule has 0 spiro atoms. The third-order valence-electron chi connectivity index (χ3n) is 1.24. The largest absolute Gasteiger partial charge is 0.382 e. The van der Waals surface area contributed by atoms with Gasteiger partial charge >= 0.3 is 0 Å². The van der Waals surface area contributed by atoms with Gasteiger partial charge in [-0.15, -0.1) is 11.3 Å². The zero-order chi connectivity index (χ0) is 9.14. The van der Waals surface area contributed by atoms with Crippen molar-refractivity contribution >= 4 is 34.8 Å². The lowest BCUT2D eigenvalue weighted by atomic mass is 10.5. The van der Waals surface area contributed by atoms with Crippen molar-refractivity contribution in [3.8, 4) is 0 Å². The molecule has 0 atom stereocenters. The van der Waals surface area contributed by atoms with Gasteiger partial charge < -0.3 is 11.1 Å². The molecule has 0 aliphatic rings. The first-order valence-corrected chi connectivity index (χ1v) is 5.25. The molecule has 66 valence electrons. The van der Waals surface area contributed by atoms with Crippen LogP contribution in [0.15, 0.2) is 4.34 Å². The molecule has 1 rings (SSSR count). The lowest BCUT2D eigenvalue weighted by molar-refractivity contribution is 0.0968. The normalized spacial score (nSPS) is 9.83. The molecule has 1 aromatic heterocycles. The summed E-state index contributed by atoms with van der Waals surface area (Å²) in [6.07, 6.45) is 1.89. The Hall–Kier alpha value is -0.750. The van der Waals surface area contributed by atoms with E-state index in [4.69, 9.17) is 5.73 Å². The molecule has 0 aliphatic carbocycles. The molecule has 6 heteroatoms. The van der Waals surface area contributed by atoms with Gasteiger partial charge in [0.05, 0.1) is 0 Å². The lowest BCUT2D eigenvalue weighted by Gasteiger charge is -1.93. The van der Waals surface area contributed by atoms with Crippen LogP contribution in [0.4, 0.5) is 5.82 Å². The molecule has 0 saturated carbocycles. The average molecular weight is 203 g/mol. The highest BCUT2D eigenvalue weighted by molar-refractivity contribution is 8.00. The molecule has 0 unspecified atom stereocenters. The number of thioether (sulfide) groups is 1. The van der Waals surface area contributed by atoms with Crippen LogP contribution in [-0.2, 0) is 0 Å². The second-order valence-corrected chi connectivity index (χ2v) is 4.03. The summed E-state index contributed by atoms with van der Waals surface area (Å²) in [4.78, 5) is 15.6. The fourth-order valence-electron chi connectivity index (χ4n) is 0.675. The minimum Gasteiger partial charge on any atom is -0.382 e. The smallest absolute Gasteiger partial charge is 0.264 e. The maximum atomic E-state index is 11.1. The molecule has 0 aromatic carbocycles. The van der Waals surface area contributed by atoms with Gasteiger partial charge in [-0.3, -0.25) is 4.79 Å². The van der Waals surface area contributed by atoms with Crippen molar-refractivity contribution in [2.45, 2.75) is 4.34 Å². The van der Waals surface area contributed by atoms with E-state index in [2.05, 4.69) is 10.3 Å². The standard InChI is InChI=1S/C6H9N3OS2/c1-8-5(10)3-4(7)9-6(11-2)12-3/h7H2,1-2H3,(H,8,10). The fraction of sp³-hybridized carbons (Fsp3) is 0.333. The van der Waals surface area contributed by atoms with Crippen molar-refractivity contribution in [3.05, 3.63) is 4.88 Å². The van der Waals surface area contributed by atoms with E-state index in [-0.39, 0.29) is 5.91 Å². The first-order chi connectivity index (χ1) is 5.69. The Morgan fingerprint density at radius 3 is 2.83 bits per heavy atom. The van der Waals surface area contributed by atoms with Crippen LogP contribution in [-0.4, -0.2) is 24.2 Å². The quantitative estimate of drug-likeness (QED) is 0.698. The minimum absolute atomic E-state index is 0.176. The Morgan fingerprint density at radius 1 is 1.75 bits per heavy atom. The molecule has 0 saturated heterocycles. The van der Waals surface area contributed by atoms with Gasteiger partial charge in [0.2, 0.25) is 0 Å². The number of hydrogen-bond donors (Lipinski definition) is 2. The number of nitrogens with zero attached hydrogens (tertiary/aromatic N) is 1. The van der Waals surface area contributed by atoms with Gasteiger partial charge in [-0.1, -0.05) is 11.8 Å². The van der Waals surface area contributed by atoms with E-state index >= 15 is 0 Å². The third-order valence-corrected chi connectivity index (χ3v) is 3.30. The van der Waals surface area contributed by atoms with Crippen LogP contribution in [0.2, 0.25) is 0 Å². The van der Waals surface area contributed by atoms with Gasteiger partial charge in [0.25, 0.3) is 5.91 Å². The van der Waals surface area contributed by atoms with Crippen LogP contribution < -0.4 is 11.1 Å². The molecular weight excluding hydrogens is 194 g/mol. The summed E-state index contributed by atoms with van der Waals surface area (Å²) in [5.41, 5.74) is 5.52. The number of carbonyl (C=O) groups is 1. The Bertz CT molecular complexity index is 297. The zero-order valence-corrected chi connectivity index (χ0v) is 8.38. The minimum atomic E-state index is -0.176. The number of nitrogens with two attached hydrogens (primary N) is 1. The van der Waals surface area contributed by atoms with Crippen LogP contribution in [0.3, 0.4) is 0 Å². The highest BCUT2D eigenvalue weighted by Gasteiger charge is 2.13. The van der Waals surface area contributed by atoms with Crippen molar-refractivity contribution in [3.63, 3.8) is 0 Å². The molecular formula is C6H9N3OS2. The van der Waals surface area contributed by atoms with E-state index in [9.17, 15) is 4.79 Å². The Morgan fingerprint density at radius 2 is 2.42 bits per heavy atom. The second-order valence-electron chi connectivity index (χ2n) is 1.98. The third kappa shape index (κ3) is 1.70. The molecule has 4 nitrogen and oxygen atoms in total. The molecule has 0 aliphatic heterocycles. The molecule has 1 aromatic rings. The van der Waals surface area contributed by atoms with Gasteiger partial charge in [0.15, 0.2) is 4.34 Å². The lowest BCUT2D eigenvalue weighted by Crippen LogP contribution is -2.17. The van der Waals surface area contributed by atoms with Crippen LogP contribution in [0.1, 0.15) is 9.67 Å². The number of anilines is 1. The van der Waals surface area contributed by atoms with Crippen LogP contribution >= 0.6 is 23.1 Å². The topological polar surface area (TPSA) is 68.0 Å². The van der Waals surface area contributed by atoms with Gasteiger partial charge in [-0.05, 0) is 6.26 Å². The number of nitrogen functional groups attached to an aromatic ring is 1. The molecule has 12 heavy (non-hydrogen) atoms. The summed E-state index contributed by atoms with van der Waals surface area (Å²) in [6, 6.07) is 0. The van der Waals surface area contributed by atoms with E-state index in [1.807, 2.05) is 6.26 Å². The summed E-state index contributed by atoms with van der Waals surface area (Å²) in [5, 5.41) is 2.50. The first kappa shape index (κ1) is 9.34. The van der Waals surface area contributed by atoms with Gasteiger partial charge in [-0.2, -0.15) is 0 Å². The zero-order valence-electron chi connectivity index (χ0n) is 6.75. The van der Waals surface area contributed by atoms with E-state index in [0.29, 0.717) is 10.7 Å². The summed E-state index contributed by atoms with van der Waals surface area (Å²) < 4.78 is 0.811. The van der Waals surface area contributed by atoms with Crippen molar-refractivity contribution in [1.82, 2.24) is 10.3 Å². The SMILES string of the molecule is CNC(=O)c1sc(SC)nc1N. The van der Waals surface area contributed by atoms with E-state index in [0.717, 1.165) is 4.34 Å². The molecule has 1 amide bonds. The first-order valence-electron chi connectivity index (χ1n) is 3.21. The number of amides is 1. The fourth-order valence-corrected chi connectivity index (χ4v) is 2.11. The van der Waals surface area contributed by atoms with E-state index in [1.165, 1.54) is 23.1 Å². The van der Waals surface area contributed by atoms with Crippen LogP contribution in [0.5, 0.6) is 0 Å². The molecule has 1 heterocycles. The Balaban J connectivity index is 2.99. The van der Waals surface area contributed by atoms with Crippen molar-refractivity contribution < 1.29 is 4.79 Å². The monoisotopic (exact) mass is 203 g/mol. The van der Waals surface area contributed by atoms with Crippen molar-refractivity contribution in [1.29, 1.82) is 0 Å². The predicted molar refractivity (Wildman–Crippen MR) is 51.7 cm³/mol. The van der Waals surface area contributed by atoms with Crippen molar-refractivity contribution in [2.24, 2.45) is 0 Å². The molecule has 3 N–H and O–H groups in total. The Labute approximate surface area is 78.6 Å². The number of thiazole rings is 1. The van der Waals surface area contributed by atoms with Crippen LogP contribution in [0.25, 0.3) is 0 Å². The summed E-state index contributed by atoms with van der Waals surface area (Å²) >= 11 is 2.79. The highest BCUT2D eigenvalue weighted by Crippen LogP contribution is 2.26. The highest BCUT2D eigenvalue weighted by atomic mass is 32.2. The number of aromatic nitrogens is 1. The number of rotatable bonds is 2. The number of carbonyl (C=O) groups excluding carboxylic acids is 1. The summed E-state index contributed by atoms with van der Waals surface area (Å²) in [5.74, 6) is 0.133. The maximum absolute atomic E-state index is 11.1. The maximum Gasteiger partial charge on any atom is 0.264 e. The summed E-state index contributed by atoms with van der Waals surface area (Å²) in [7, 11) is 1.57. The van der Waals surface area contributed by atoms with E-state index in [1.54, 1.807) is 7.05 Å². The molecule has 0 radical (unpaired) electrons. The Kier molecular flexibility index (Phi) is 2.93. The number of nitrogens with one attached hydrogen (secondary N) is 1. The van der Waals surface area contributed by atoms with Gasteiger partial charge in [-0.25, -0.2) is 4.98 Å². The second kappa shape index (κ2) is 3.77. The van der Waals surface area contributed by atoms with Crippen molar-refractivity contribution in [2.75, 3.05) is 19.0 Å². The number of hydrogen-bond acceptors (Lipinski definition) is 5. The molecule has 0 bridgehead atoms. The summed E-state index contributed by atoms with van der Waals surface area (Å²) in [6.45, 7) is 0. The van der Waals surface area contributed by atoms with Crippen LogP contribution in [0, 0.1) is 0 Å². The average Bonchev–Trinajstić information content (AvgIpc) is 2.45. The van der Waals surface area contributed by atoms with Gasteiger partial charge in [0.1, 0.15) is 10.7 Å².